The zero-order chi connectivity index (χ0) is 20.8. The molecule has 0 atom stereocenters. The fourth-order valence-corrected chi connectivity index (χ4v) is 3.09. The monoisotopic (exact) mass is 491 g/mol. The first-order valence-corrected chi connectivity index (χ1v) is 9.09. The van der Waals surface area contributed by atoms with Crippen LogP contribution in [0.1, 0.15) is 16.7 Å². The van der Waals surface area contributed by atoms with Crippen molar-refractivity contribution in [1.29, 1.82) is 0 Å². The molecule has 3 N–H and O–H groups in total. The average Bonchev–Trinajstić information content (AvgIpc) is 2.61. The van der Waals surface area contributed by atoms with Crippen molar-refractivity contribution < 1.29 is 42.2 Å². The van der Waals surface area contributed by atoms with Gasteiger partial charge in [0.05, 0.1) is 10.7 Å². The van der Waals surface area contributed by atoms with Crippen molar-refractivity contribution in [3.05, 3.63) is 73.8 Å². The molecule has 0 bridgehead atoms. The van der Waals surface area contributed by atoms with E-state index in [1.165, 1.54) is 6.07 Å². The molecule has 8 heteroatoms. The van der Waals surface area contributed by atoms with Crippen molar-refractivity contribution >= 4 is 28.3 Å². The van der Waals surface area contributed by atoms with E-state index in [9.17, 15) is 9.90 Å². The number of phenolic OH excluding ortho intramolecular Hbond substituents is 1. The van der Waals surface area contributed by atoms with Crippen LogP contribution in [0.15, 0.2) is 45.6 Å². The summed E-state index contributed by atoms with van der Waals surface area (Å²) in [5.74, 6) is 0.0538. The second-order valence-corrected chi connectivity index (χ2v) is 7.09. The molecule has 29 heavy (non-hydrogen) atoms. The predicted molar refractivity (Wildman–Crippen MR) is 115 cm³/mol. The summed E-state index contributed by atoms with van der Waals surface area (Å²) in [6.07, 6.45) is 0.326. The third-order valence-corrected chi connectivity index (χ3v) is 4.51. The number of hydrogen-bond acceptors (Lipinski definition) is 5. The first-order chi connectivity index (χ1) is 13.3. The molecular weight excluding hydrogens is 467 g/mol. The van der Waals surface area contributed by atoms with Crippen molar-refractivity contribution in [2.75, 3.05) is 33.9 Å². The fraction of sp³-hybridized carbons (Fsp3) is 0.286. The number of aromatic hydroxyl groups is 1. The van der Waals surface area contributed by atoms with Gasteiger partial charge in [0.1, 0.15) is 11.3 Å². The Kier molecular flexibility index (Phi) is 10.3. The molecule has 0 aliphatic heterocycles. The molecule has 1 aromatic heterocycles. The third kappa shape index (κ3) is 6.52. The maximum absolute atomic E-state index is 12.6. The van der Waals surface area contributed by atoms with Crippen LogP contribution in [0.25, 0.3) is 16.3 Å². The second-order valence-electron chi connectivity index (χ2n) is 6.71. The molecule has 0 aliphatic rings. The van der Waals surface area contributed by atoms with Gasteiger partial charge in [-0.05, 0) is 43.4 Å². The van der Waals surface area contributed by atoms with E-state index in [0.29, 0.717) is 34.8 Å². The number of benzene rings is 2. The summed E-state index contributed by atoms with van der Waals surface area (Å²) in [6.45, 7) is 0.558. The van der Waals surface area contributed by atoms with Crippen LogP contribution < -0.4 is 11.4 Å². The smallest absolute Gasteiger partial charge is 0.340 e. The number of nitrogen functional groups attached to an aromatic ring is 1. The van der Waals surface area contributed by atoms with Crippen LogP contribution in [0.3, 0.4) is 0 Å². The van der Waals surface area contributed by atoms with Crippen LogP contribution in [0.2, 0.25) is 5.02 Å². The summed E-state index contributed by atoms with van der Waals surface area (Å²) in [4.78, 5) is 14.6. The number of anilines is 1. The van der Waals surface area contributed by atoms with Gasteiger partial charge in [0.15, 0.2) is 0 Å². The van der Waals surface area contributed by atoms with Gasteiger partial charge in [0, 0.05) is 62.7 Å². The largest absolute Gasteiger partial charge is 0.668 e. The van der Waals surface area contributed by atoms with E-state index in [1.54, 1.807) is 32.3 Å². The van der Waals surface area contributed by atoms with Gasteiger partial charge in [-0.1, -0.05) is 23.7 Å². The summed E-state index contributed by atoms with van der Waals surface area (Å²) < 4.78 is 5.43. The molecule has 0 saturated heterocycles. The molecule has 0 fully saturated rings. The van der Waals surface area contributed by atoms with Crippen LogP contribution in [0.4, 0.5) is 5.69 Å². The molecule has 153 valence electrons. The van der Waals surface area contributed by atoms with E-state index in [2.05, 4.69) is 5.32 Å². The second kappa shape index (κ2) is 11.7. The Balaban J connectivity index is 0.000000990. The third-order valence-electron chi connectivity index (χ3n) is 4.05. The number of phenols is 1. The van der Waals surface area contributed by atoms with E-state index in [0.717, 1.165) is 16.5 Å². The number of nitrogens with two attached hydrogens (primary N) is 1. The minimum atomic E-state index is -0.437. The fourth-order valence-electron chi connectivity index (χ4n) is 2.89. The number of halogens is 1. The van der Waals surface area contributed by atoms with E-state index >= 15 is 0 Å². The summed E-state index contributed by atoms with van der Waals surface area (Å²) in [6, 6.07) is 10.2. The van der Waals surface area contributed by atoms with Crippen molar-refractivity contribution in [2.45, 2.75) is 13.0 Å². The van der Waals surface area contributed by atoms with Crippen molar-refractivity contribution in [3.63, 3.8) is 0 Å². The predicted octanol–water partition coefficient (Wildman–Crippen LogP) is 4.00. The van der Waals surface area contributed by atoms with E-state index < -0.39 is 5.63 Å². The molecule has 6 nitrogen and oxygen atoms in total. The first-order valence-electron chi connectivity index (χ1n) is 8.71. The van der Waals surface area contributed by atoms with Gasteiger partial charge in [-0.2, -0.15) is 14.1 Å². The van der Waals surface area contributed by atoms with Crippen molar-refractivity contribution in [3.8, 4) is 5.75 Å². The molecule has 0 unspecified atom stereocenters. The molecule has 1 radical (unpaired) electrons. The minimum Gasteiger partial charge on any atom is -0.668 e. The molecule has 0 saturated carbocycles. The Bertz CT molecular complexity index is 1020. The molecule has 0 spiro atoms. The molecular formula is C21H25ClN3O3Y-. The number of hydrogen-bond donors (Lipinski definition) is 2. The summed E-state index contributed by atoms with van der Waals surface area (Å²) in [5, 5.41) is 14.4. The van der Waals surface area contributed by atoms with Crippen LogP contribution >= 0.6 is 11.6 Å². The van der Waals surface area contributed by atoms with Gasteiger partial charge in [0.25, 0.3) is 0 Å². The van der Waals surface area contributed by atoms with Gasteiger partial charge in [-0.15, -0.1) is 0 Å². The number of nitrogens with zero attached hydrogens (tertiary/aromatic N) is 2. The topological polar surface area (TPSA) is 93.8 Å². The Morgan fingerprint density at radius 1 is 1.17 bits per heavy atom. The minimum absolute atomic E-state index is 0. The molecule has 0 aliphatic carbocycles. The Hall–Kier alpha value is -1.44. The number of fused-ring (bicyclic) bond motifs is 1. The summed E-state index contributed by atoms with van der Waals surface area (Å²) >= 11 is 6.29. The van der Waals surface area contributed by atoms with Crippen molar-refractivity contribution in [1.82, 2.24) is 4.90 Å². The molecule has 2 aromatic carbocycles. The molecule has 1 heterocycles. The normalized spacial score (nSPS) is 10.4. The van der Waals surface area contributed by atoms with Gasteiger partial charge in [0.2, 0.25) is 0 Å². The van der Waals surface area contributed by atoms with Gasteiger partial charge in [-0.3, -0.25) is 0 Å². The first kappa shape index (κ1) is 25.6. The average molecular weight is 492 g/mol. The Labute approximate surface area is 200 Å². The van der Waals surface area contributed by atoms with Crippen LogP contribution in [0, 0.1) is 0 Å². The zero-order valence-electron chi connectivity index (χ0n) is 17.1. The van der Waals surface area contributed by atoms with Gasteiger partial charge >= 0.3 is 5.63 Å². The maximum atomic E-state index is 12.6. The Morgan fingerprint density at radius 3 is 2.45 bits per heavy atom. The van der Waals surface area contributed by atoms with Crippen LogP contribution in [-0.2, 0) is 45.7 Å². The van der Waals surface area contributed by atoms with Crippen LogP contribution in [0.5, 0.6) is 5.75 Å². The maximum Gasteiger partial charge on any atom is 0.340 e. The zero-order valence-corrected chi connectivity index (χ0v) is 20.7. The summed E-state index contributed by atoms with van der Waals surface area (Å²) in [5.41, 5.74) is 8.44. The van der Waals surface area contributed by atoms with E-state index in [1.807, 2.05) is 31.1 Å². The Morgan fingerprint density at radius 2 is 1.83 bits per heavy atom. The van der Waals surface area contributed by atoms with Crippen LogP contribution in [-0.4, -0.2) is 38.2 Å². The standard InChI is InChI=1S/C19H19ClN2O3.C2H6N.Y/c1-22(2)10-15-13-7-6-12(23)9-17(13)25-19(24)14(15)8-11-4-3-5-16(21)18(11)20;1-3-2;/h3-7,9,23H,8,10,21H2,1-2H3;1-2H3;/q;-1;. The van der Waals surface area contributed by atoms with E-state index in [-0.39, 0.29) is 38.5 Å². The van der Waals surface area contributed by atoms with Gasteiger partial charge in [-0.25, -0.2) is 4.79 Å². The van der Waals surface area contributed by atoms with E-state index in [4.69, 9.17) is 21.8 Å². The molecule has 0 amide bonds. The quantitative estimate of drug-likeness (QED) is 0.425. The molecule has 3 rings (SSSR count). The molecule has 3 aromatic rings. The van der Waals surface area contributed by atoms with Gasteiger partial charge < -0.3 is 25.5 Å². The SMILES string of the molecule is CN(C)Cc1c(Cc2cccc(N)c2Cl)c(=O)oc2cc(O)ccc12.C[N-]C.[Y]. The number of rotatable bonds is 4. The summed E-state index contributed by atoms with van der Waals surface area (Å²) in [7, 11) is 7.36. The van der Waals surface area contributed by atoms with Crippen molar-refractivity contribution in [2.24, 2.45) is 0 Å².